The molecule has 0 aliphatic heterocycles. The number of aryl methyl sites for hydroxylation is 2. The van der Waals surface area contributed by atoms with Crippen molar-refractivity contribution in [1.29, 1.82) is 0 Å². The van der Waals surface area contributed by atoms with Gasteiger partial charge in [0.25, 0.3) is 0 Å². The molecule has 1 N–H and O–H groups in total. The van der Waals surface area contributed by atoms with Crippen LogP contribution < -0.4 is 5.32 Å². The predicted molar refractivity (Wildman–Crippen MR) is 82.9 cm³/mol. The van der Waals surface area contributed by atoms with Crippen LogP contribution in [0, 0.1) is 13.8 Å². The minimum absolute atomic E-state index is 0.556. The molecule has 5 heteroatoms. The molecule has 2 aromatic heterocycles. The molecule has 0 bridgehead atoms. The second kappa shape index (κ2) is 6.92. The van der Waals surface area contributed by atoms with Gasteiger partial charge in [-0.15, -0.1) is 11.3 Å². The molecule has 20 heavy (non-hydrogen) atoms. The van der Waals surface area contributed by atoms with Crippen LogP contribution in [0.25, 0.3) is 10.6 Å². The molecule has 0 saturated heterocycles. The summed E-state index contributed by atoms with van der Waals surface area (Å²) < 4.78 is 5.25. The van der Waals surface area contributed by atoms with Crippen LogP contribution in [0.4, 0.5) is 0 Å². The zero-order valence-corrected chi connectivity index (χ0v) is 13.3. The van der Waals surface area contributed by atoms with Gasteiger partial charge >= 0.3 is 0 Å². The van der Waals surface area contributed by atoms with E-state index in [0.717, 1.165) is 40.7 Å². The van der Waals surface area contributed by atoms with E-state index in [1.807, 2.05) is 13.8 Å². The lowest BCUT2D eigenvalue weighted by molar-refractivity contribution is 0.181. The molecule has 0 aliphatic rings. The maximum absolute atomic E-state index is 5.25. The smallest absolute Gasteiger partial charge is 0.124 e. The minimum atomic E-state index is 0.556. The molecule has 2 rings (SSSR count). The molecule has 0 spiro atoms. The van der Waals surface area contributed by atoms with Crippen LogP contribution in [0.15, 0.2) is 12.1 Å². The van der Waals surface area contributed by atoms with Crippen LogP contribution in [0.2, 0.25) is 0 Å². The van der Waals surface area contributed by atoms with Crippen LogP contribution in [0.5, 0.6) is 0 Å². The summed E-state index contributed by atoms with van der Waals surface area (Å²) in [5.74, 6) is 0. The molecule has 108 valence electrons. The summed E-state index contributed by atoms with van der Waals surface area (Å²) in [5, 5.41) is 4.39. The van der Waals surface area contributed by atoms with E-state index in [4.69, 9.17) is 9.72 Å². The van der Waals surface area contributed by atoms with Gasteiger partial charge in [0, 0.05) is 35.5 Å². The minimum Gasteiger partial charge on any atom is -0.378 e. The van der Waals surface area contributed by atoms with Gasteiger partial charge in [-0.3, -0.25) is 4.98 Å². The maximum atomic E-state index is 5.25. The van der Waals surface area contributed by atoms with E-state index in [-0.39, 0.29) is 0 Å². The molecule has 0 aromatic carbocycles. The van der Waals surface area contributed by atoms with Crippen molar-refractivity contribution in [3.63, 3.8) is 0 Å². The number of ether oxygens (including phenoxy) is 1. The van der Waals surface area contributed by atoms with Crippen molar-refractivity contribution in [1.82, 2.24) is 15.3 Å². The van der Waals surface area contributed by atoms with Crippen molar-refractivity contribution >= 4 is 11.3 Å². The second-order valence-electron chi connectivity index (χ2n) is 4.74. The van der Waals surface area contributed by atoms with Gasteiger partial charge in [0.2, 0.25) is 0 Å². The Balaban J connectivity index is 2.35. The van der Waals surface area contributed by atoms with E-state index in [0.29, 0.717) is 6.61 Å². The number of hydrogen-bond acceptors (Lipinski definition) is 5. The van der Waals surface area contributed by atoms with Crippen LogP contribution >= 0.6 is 11.3 Å². The number of aromatic nitrogens is 2. The normalized spacial score (nSPS) is 11.0. The third-order valence-corrected chi connectivity index (χ3v) is 4.07. The van der Waals surface area contributed by atoms with Crippen molar-refractivity contribution in [2.45, 2.75) is 33.9 Å². The monoisotopic (exact) mass is 291 g/mol. The number of rotatable bonds is 6. The number of nitrogens with zero attached hydrogens (tertiary/aromatic N) is 2. The van der Waals surface area contributed by atoms with Crippen LogP contribution in [-0.2, 0) is 17.9 Å². The molecule has 0 saturated carbocycles. The summed E-state index contributed by atoms with van der Waals surface area (Å²) in [4.78, 5) is 10.4. The Kier molecular flexibility index (Phi) is 5.23. The lowest BCUT2D eigenvalue weighted by Gasteiger charge is -2.00. The summed E-state index contributed by atoms with van der Waals surface area (Å²) in [7, 11) is 1.71. The largest absolute Gasteiger partial charge is 0.378 e. The van der Waals surface area contributed by atoms with E-state index in [9.17, 15) is 0 Å². The first-order chi connectivity index (χ1) is 9.63. The van der Waals surface area contributed by atoms with Gasteiger partial charge < -0.3 is 10.1 Å². The average Bonchev–Trinajstić information content (AvgIpc) is 2.79. The van der Waals surface area contributed by atoms with Gasteiger partial charge in [-0.1, -0.05) is 6.92 Å². The highest BCUT2D eigenvalue weighted by Crippen LogP contribution is 2.29. The Hall–Kier alpha value is -1.30. The third kappa shape index (κ3) is 3.62. The number of pyridine rings is 1. The van der Waals surface area contributed by atoms with Gasteiger partial charge in [0.15, 0.2) is 0 Å². The summed E-state index contributed by atoms with van der Waals surface area (Å²) in [5.41, 5.74) is 4.22. The highest BCUT2D eigenvalue weighted by molar-refractivity contribution is 7.15. The topological polar surface area (TPSA) is 47.0 Å². The highest BCUT2D eigenvalue weighted by Gasteiger charge is 2.13. The van der Waals surface area contributed by atoms with Gasteiger partial charge in [0.1, 0.15) is 5.01 Å². The summed E-state index contributed by atoms with van der Waals surface area (Å²) in [6.07, 6.45) is 0. The number of thiazole rings is 1. The van der Waals surface area contributed by atoms with E-state index in [1.54, 1.807) is 18.4 Å². The quantitative estimate of drug-likeness (QED) is 0.888. The molecule has 0 aliphatic carbocycles. The standard InChI is InChI=1S/C15H21N3OS/c1-5-16-8-14-13(9-19-4)18-15(20-14)12-6-10(2)17-11(3)7-12/h6-7,16H,5,8-9H2,1-4H3. The van der Waals surface area contributed by atoms with Crippen molar-refractivity contribution in [3.8, 4) is 10.6 Å². The van der Waals surface area contributed by atoms with E-state index >= 15 is 0 Å². The Morgan fingerprint density at radius 1 is 1.20 bits per heavy atom. The zero-order valence-electron chi connectivity index (χ0n) is 12.5. The van der Waals surface area contributed by atoms with Crippen LogP contribution in [-0.4, -0.2) is 23.6 Å². The average molecular weight is 291 g/mol. The zero-order chi connectivity index (χ0) is 14.5. The Morgan fingerprint density at radius 2 is 1.90 bits per heavy atom. The molecule has 2 aromatic rings. The number of methoxy groups -OCH3 is 1. The third-order valence-electron chi connectivity index (χ3n) is 2.92. The highest BCUT2D eigenvalue weighted by atomic mass is 32.1. The second-order valence-corrected chi connectivity index (χ2v) is 5.82. The van der Waals surface area contributed by atoms with Gasteiger partial charge in [-0.05, 0) is 32.5 Å². The van der Waals surface area contributed by atoms with Crippen molar-refractivity contribution < 1.29 is 4.74 Å². The lowest BCUT2D eigenvalue weighted by Crippen LogP contribution is -2.12. The molecule has 2 heterocycles. The molecule has 0 atom stereocenters. The van der Waals surface area contributed by atoms with Gasteiger partial charge in [-0.25, -0.2) is 4.98 Å². The van der Waals surface area contributed by atoms with Crippen LogP contribution in [0.3, 0.4) is 0 Å². The molecule has 0 fully saturated rings. The SMILES string of the molecule is CCNCc1sc(-c2cc(C)nc(C)c2)nc1COC. The summed E-state index contributed by atoms with van der Waals surface area (Å²) in [6.45, 7) is 8.48. The van der Waals surface area contributed by atoms with Gasteiger partial charge in [-0.2, -0.15) is 0 Å². The fourth-order valence-corrected chi connectivity index (χ4v) is 3.11. The molecular formula is C15H21N3OS. The molecule has 0 radical (unpaired) electrons. The Bertz CT molecular complexity index is 560. The maximum Gasteiger partial charge on any atom is 0.124 e. The Morgan fingerprint density at radius 3 is 2.50 bits per heavy atom. The number of hydrogen-bond donors (Lipinski definition) is 1. The molecule has 4 nitrogen and oxygen atoms in total. The van der Waals surface area contributed by atoms with Crippen molar-refractivity contribution in [2.75, 3.05) is 13.7 Å². The fourth-order valence-electron chi connectivity index (χ4n) is 2.09. The first-order valence-electron chi connectivity index (χ1n) is 6.78. The summed E-state index contributed by atoms with van der Waals surface area (Å²) >= 11 is 1.73. The summed E-state index contributed by atoms with van der Waals surface area (Å²) in [6, 6.07) is 4.17. The van der Waals surface area contributed by atoms with Crippen molar-refractivity contribution in [2.24, 2.45) is 0 Å². The van der Waals surface area contributed by atoms with E-state index in [1.165, 1.54) is 4.88 Å². The van der Waals surface area contributed by atoms with Crippen LogP contribution in [0.1, 0.15) is 28.9 Å². The first-order valence-corrected chi connectivity index (χ1v) is 7.59. The molecular weight excluding hydrogens is 270 g/mol. The fraction of sp³-hybridized carbons (Fsp3) is 0.467. The first kappa shape index (κ1) is 15.1. The Labute approximate surface area is 124 Å². The van der Waals surface area contributed by atoms with Crippen molar-refractivity contribution in [3.05, 3.63) is 34.1 Å². The van der Waals surface area contributed by atoms with Gasteiger partial charge in [0.05, 0.1) is 12.3 Å². The molecule has 0 unspecified atom stereocenters. The lowest BCUT2D eigenvalue weighted by atomic mass is 10.2. The molecule has 0 amide bonds. The van der Waals surface area contributed by atoms with E-state index < -0.39 is 0 Å². The van der Waals surface area contributed by atoms with E-state index in [2.05, 4.69) is 29.4 Å². The number of nitrogens with one attached hydrogen (secondary N) is 1. The predicted octanol–water partition coefficient (Wildman–Crippen LogP) is 3.08.